The molecule has 1 heterocycles. The van der Waals surface area contributed by atoms with Gasteiger partial charge >= 0.3 is 0 Å². The number of para-hydroxylation sites is 2. The van der Waals surface area contributed by atoms with E-state index in [-0.39, 0.29) is 5.95 Å². The number of anilines is 5. The summed E-state index contributed by atoms with van der Waals surface area (Å²) < 4.78 is 0. The molecule has 0 saturated carbocycles. The molecule has 34 heavy (non-hydrogen) atoms. The Morgan fingerprint density at radius 2 is 1.12 bits per heavy atom. The molecule has 0 aliphatic carbocycles. The molecule has 0 atom stereocenters. The zero-order chi connectivity index (χ0) is 24.3. The van der Waals surface area contributed by atoms with Gasteiger partial charge in [-0.2, -0.15) is 15.0 Å². The Hall–Kier alpha value is -2.57. The number of rotatable bonds is 20. The first-order chi connectivity index (χ1) is 16.7. The molecule has 0 unspecified atom stereocenters. The van der Waals surface area contributed by atoms with Gasteiger partial charge in [0, 0.05) is 6.54 Å². The van der Waals surface area contributed by atoms with E-state index >= 15 is 0 Å². The molecule has 0 fully saturated rings. The minimum atomic E-state index is 0.182. The largest absolute Gasteiger partial charge is 0.397 e. The topological polar surface area (TPSA) is 115 Å². The van der Waals surface area contributed by atoms with E-state index in [2.05, 4.69) is 32.5 Å². The molecule has 0 saturated heterocycles. The fourth-order valence-electron chi connectivity index (χ4n) is 4.13. The maximum absolute atomic E-state index is 5.97. The van der Waals surface area contributed by atoms with Crippen molar-refractivity contribution in [1.82, 2.24) is 15.0 Å². The van der Waals surface area contributed by atoms with Crippen LogP contribution in [0.2, 0.25) is 0 Å². The smallest absolute Gasteiger partial charge is 0.233 e. The molecular weight excluding hydrogens is 422 g/mol. The Kier molecular flexibility index (Phi) is 14.5. The van der Waals surface area contributed by atoms with Crippen molar-refractivity contribution in [3.63, 3.8) is 0 Å². The standard InChI is InChI=1S/C27H47N7/c1-2-3-4-5-6-7-8-9-10-11-12-13-14-15-16-19-22-30-26-32-25(29)33-27(34-26)31-24-21-18-17-20-23(24)28/h17-18,20-21H,2-16,19,22,28H2,1H3,(H4,29,30,31,32,33,34). The average molecular weight is 470 g/mol. The van der Waals surface area contributed by atoms with Crippen LogP contribution in [0.15, 0.2) is 24.3 Å². The van der Waals surface area contributed by atoms with Crippen molar-refractivity contribution in [2.45, 2.75) is 110 Å². The van der Waals surface area contributed by atoms with Gasteiger partial charge in [-0.3, -0.25) is 0 Å². The SMILES string of the molecule is CCCCCCCCCCCCCCCCCCNc1nc(N)nc(Nc2ccccc2N)n1. The molecule has 7 nitrogen and oxygen atoms in total. The van der Waals surface area contributed by atoms with Crippen LogP contribution in [0, 0.1) is 0 Å². The minimum absolute atomic E-state index is 0.182. The lowest BCUT2D eigenvalue weighted by molar-refractivity contribution is 0.530. The van der Waals surface area contributed by atoms with Crippen LogP contribution in [0.3, 0.4) is 0 Å². The van der Waals surface area contributed by atoms with Gasteiger partial charge in [-0.05, 0) is 18.6 Å². The van der Waals surface area contributed by atoms with E-state index in [1.54, 1.807) is 0 Å². The number of nitrogen functional groups attached to an aromatic ring is 2. The Morgan fingerprint density at radius 1 is 0.618 bits per heavy atom. The van der Waals surface area contributed by atoms with Crippen LogP contribution < -0.4 is 22.1 Å². The predicted molar refractivity (Wildman–Crippen MR) is 146 cm³/mol. The van der Waals surface area contributed by atoms with Crippen LogP contribution >= 0.6 is 0 Å². The van der Waals surface area contributed by atoms with Gasteiger partial charge < -0.3 is 22.1 Å². The lowest BCUT2D eigenvalue weighted by Gasteiger charge is -2.10. The lowest BCUT2D eigenvalue weighted by atomic mass is 10.0. The molecule has 0 spiro atoms. The van der Waals surface area contributed by atoms with Crippen LogP contribution in [-0.4, -0.2) is 21.5 Å². The van der Waals surface area contributed by atoms with Crippen molar-refractivity contribution in [3.8, 4) is 0 Å². The van der Waals surface area contributed by atoms with Crippen LogP contribution in [0.25, 0.3) is 0 Å². The Balaban J connectivity index is 1.45. The summed E-state index contributed by atoms with van der Waals surface area (Å²) in [6.07, 6.45) is 21.9. The van der Waals surface area contributed by atoms with Gasteiger partial charge in [-0.1, -0.05) is 115 Å². The number of nitrogens with one attached hydrogen (secondary N) is 2. The molecule has 190 valence electrons. The summed E-state index contributed by atoms with van der Waals surface area (Å²) in [7, 11) is 0. The lowest BCUT2D eigenvalue weighted by Crippen LogP contribution is -2.10. The highest BCUT2D eigenvalue weighted by Gasteiger charge is 2.06. The molecule has 2 rings (SSSR count). The van der Waals surface area contributed by atoms with Crippen molar-refractivity contribution in [3.05, 3.63) is 24.3 Å². The molecule has 1 aromatic heterocycles. The van der Waals surface area contributed by atoms with Crippen molar-refractivity contribution in [2.75, 3.05) is 28.6 Å². The van der Waals surface area contributed by atoms with Gasteiger partial charge in [0.1, 0.15) is 0 Å². The molecule has 6 N–H and O–H groups in total. The predicted octanol–water partition coefficient (Wildman–Crippen LogP) is 7.45. The van der Waals surface area contributed by atoms with E-state index in [1.807, 2.05) is 24.3 Å². The first-order valence-corrected chi connectivity index (χ1v) is 13.6. The molecule has 0 bridgehead atoms. The number of benzene rings is 1. The second-order valence-corrected chi connectivity index (χ2v) is 9.28. The average Bonchev–Trinajstić information content (AvgIpc) is 2.82. The zero-order valence-electron chi connectivity index (χ0n) is 21.3. The first kappa shape index (κ1) is 27.7. The van der Waals surface area contributed by atoms with Gasteiger partial charge in [0.15, 0.2) is 0 Å². The summed E-state index contributed by atoms with van der Waals surface area (Å²) in [5.74, 6) is 1.06. The van der Waals surface area contributed by atoms with E-state index in [9.17, 15) is 0 Å². The quantitative estimate of drug-likeness (QED) is 0.117. The van der Waals surface area contributed by atoms with Gasteiger partial charge in [0.2, 0.25) is 17.8 Å². The number of hydrogen-bond donors (Lipinski definition) is 4. The number of unbranched alkanes of at least 4 members (excludes halogenated alkanes) is 15. The molecule has 7 heteroatoms. The Labute approximate surface area is 206 Å². The number of hydrogen-bond acceptors (Lipinski definition) is 7. The van der Waals surface area contributed by atoms with Crippen LogP contribution in [-0.2, 0) is 0 Å². The van der Waals surface area contributed by atoms with E-state index in [0.717, 1.165) is 18.7 Å². The number of nitrogens with two attached hydrogens (primary N) is 2. The second kappa shape index (κ2) is 17.8. The molecular formula is C27H47N7. The number of nitrogens with zero attached hydrogens (tertiary/aromatic N) is 3. The van der Waals surface area contributed by atoms with E-state index in [0.29, 0.717) is 17.6 Å². The first-order valence-electron chi connectivity index (χ1n) is 13.6. The summed E-state index contributed by atoms with van der Waals surface area (Å²) >= 11 is 0. The van der Waals surface area contributed by atoms with E-state index in [4.69, 9.17) is 11.5 Å². The summed E-state index contributed by atoms with van der Waals surface area (Å²) in [5.41, 5.74) is 13.2. The highest BCUT2D eigenvalue weighted by atomic mass is 15.2. The van der Waals surface area contributed by atoms with Gasteiger partial charge in [-0.15, -0.1) is 0 Å². The maximum Gasteiger partial charge on any atom is 0.233 e. The fraction of sp³-hybridized carbons (Fsp3) is 0.667. The van der Waals surface area contributed by atoms with Crippen molar-refractivity contribution >= 4 is 29.2 Å². The number of aromatic nitrogens is 3. The highest BCUT2D eigenvalue weighted by Crippen LogP contribution is 2.21. The van der Waals surface area contributed by atoms with Crippen LogP contribution in [0.5, 0.6) is 0 Å². The van der Waals surface area contributed by atoms with Crippen molar-refractivity contribution < 1.29 is 0 Å². The third-order valence-corrected chi connectivity index (χ3v) is 6.17. The van der Waals surface area contributed by atoms with Gasteiger partial charge in [0.25, 0.3) is 0 Å². The summed E-state index contributed by atoms with van der Waals surface area (Å²) in [4.78, 5) is 12.7. The molecule has 0 radical (unpaired) electrons. The monoisotopic (exact) mass is 469 g/mol. The summed E-state index contributed by atoms with van der Waals surface area (Å²) in [6.45, 7) is 3.11. The maximum atomic E-state index is 5.97. The molecule has 0 aliphatic rings. The van der Waals surface area contributed by atoms with Crippen molar-refractivity contribution in [2.24, 2.45) is 0 Å². The molecule has 0 aliphatic heterocycles. The summed E-state index contributed by atoms with van der Waals surface area (Å²) in [5, 5.41) is 6.37. The molecule has 0 amide bonds. The minimum Gasteiger partial charge on any atom is -0.397 e. The van der Waals surface area contributed by atoms with Crippen LogP contribution in [0.4, 0.5) is 29.2 Å². The Morgan fingerprint density at radius 3 is 1.68 bits per heavy atom. The Bertz CT molecular complexity index is 781. The third-order valence-electron chi connectivity index (χ3n) is 6.17. The zero-order valence-corrected chi connectivity index (χ0v) is 21.3. The van der Waals surface area contributed by atoms with Gasteiger partial charge in [-0.25, -0.2) is 0 Å². The fourth-order valence-corrected chi connectivity index (χ4v) is 4.13. The third kappa shape index (κ3) is 12.6. The van der Waals surface area contributed by atoms with E-state index in [1.165, 1.54) is 96.3 Å². The highest BCUT2D eigenvalue weighted by molar-refractivity contribution is 5.70. The van der Waals surface area contributed by atoms with E-state index < -0.39 is 0 Å². The van der Waals surface area contributed by atoms with Crippen molar-refractivity contribution in [1.29, 1.82) is 0 Å². The molecule has 2 aromatic rings. The van der Waals surface area contributed by atoms with Gasteiger partial charge in [0.05, 0.1) is 11.4 Å². The normalized spacial score (nSPS) is 11.0. The summed E-state index contributed by atoms with van der Waals surface area (Å²) in [6, 6.07) is 7.48. The second-order valence-electron chi connectivity index (χ2n) is 9.28. The molecule has 1 aromatic carbocycles. The van der Waals surface area contributed by atoms with Crippen LogP contribution in [0.1, 0.15) is 110 Å².